The van der Waals surface area contributed by atoms with E-state index in [0.717, 1.165) is 11.1 Å². The fourth-order valence-electron chi connectivity index (χ4n) is 1.49. The van der Waals surface area contributed by atoms with Crippen LogP contribution in [0.5, 0.6) is 0 Å². The van der Waals surface area contributed by atoms with Crippen LogP contribution in [0.15, 0.2) is 29.8 Å². The van der Waals surface area contributed by atoms with E-state index in [1.54, 1.807) is 6.20 Å². The topological polar surface area (TPSA) is 68.0 Å². The number of rotatable bonds is 4. The Hall–Kier alpha value is -1.95. The highest BCUT2D eigenvalue weighted by Gasteiger charge is 2.09. The van der Waals surface area contributed by atoms with Crippen LogP contribution in [0, 0.1) is 5.82 Å². The predicted octanol–water partition coefficient (Wildman–Crippen LogP) is 1.84. The number of nitrogen functional groups attached to an aromatic ring is 1. The number of nitrogens with one attached hydrogen (secondary N) is 1. The first-order valence-electron chi connectivity index (χ1n) is 5.38. The summed E-state index contributed by atoms with van der Waals surface area (Å²) < 4.78 is 12.8. The number of aromatic nitrogens is 1. The molecule has 0 saturated carbocycles. The fraction of sp³-hybridized carbons (Fsp3) is 0.167. The quantitative estimate of drug-likeness (QED) is 0.829. The van der Waals surface area contributed by atoms with Crippen molar-refractivity contribution in [1.29, 1.82) is 0 Å². The molecule has 0 bridgehead atoms. The second kappa shape index (κ2) is 5.59. The van der Waals surface area contributed by atoms with Gasteiger partial charge in [0, 0.05) is 30.2 Å². The van der Waals surface area contributed by atoms with Crippen LogP contribution in [0.2, 0.25) is 0 Å². The van der Waals surface area contributed by atoms with E-state index in [1.165, 1.54) is 23.5 Å². The van der Waals surface area contributed by atoms with E-state index in [0.29, 0.717) is 13.0 Å². The summed E-state index contributed by atoms with van der Waals surface area (Å²) in [5.41, 5.74) is 6.01. The van der Waals surface area contributed by atoms with Gasteiger partial charge in [0.05, 0.1) is 10.6 Å². The van der Waals surface area contributed by atoms with Crippen LogP contribution in [0.1, 0.15) is 15.4 Å². The molecule has 1 heterocycles. The van der Waals surface area contributed by atoms with Crippen LogP contribution >= 0.6 is 11.3 Å². The number of amides is 1. The van der Waals surface area contributed by atoms with Gasteiger partial charge in [-0.3, -0.25) is 4.79 Å². The van der Waals surface area contributed by atoms with Crippen molar-refractivity contribution < 1.29 is 9.18 Å². The molecular weight excluding hydrogens is 253 g/mol. The molecule has 2 rings (SSSR count). The first kappa shape index (κ1) is 12.5. The summed E-state index contributed by atoms with van der Waals surface area (Å²) >= 11 is 1.54. The highest BCUT2D eigenvalue weighted by molar-refractivity contribution is 7.09. The Balaban J connectivity index is 1.91. The van der Waals surface area contributed by atoms with E-state index in [-0.39, 0.29) is 17.2 Å². The van der Waals surface area contributed by atoms with Crippen molar-refractivity contribution in [3.05, 3.63) is 46.2 Å². The zero-order valence-electron chi connectivity index (χ0n) is 9.52. The molecule has 0 saturated heterocycles. The lowest BCUT2D eigenvalue weighted by Crippen LogP contribution is -2.26. The molecule has 18 heavy (non-hydrogen) atoms. The van der Waals surface area contributed by atoms with Gasteiger partial charge in [0.15, 0.2) is 0 Å². The normalized spacial score (nSPS) is 10.3. The summed E-state index contributed by atoms with van der Waals surface area (Å²) in [4.78, 5) is 15.9. The molecule has 0 aliphatic rings. The molecule has 0 aliphatic heterocycles. The average Bonchev–Trinajstić information content (AvgIpc) is 2.81. The smallest absolute Gasteiger partial charge is 0.253 e. The van der Waals surface area contributed by atoms with Crippen LogP contribution in [-0.2, 0) is 6.42 Å². The zero-order valence-corrected chi connectivity index (χ0v) is 10.3. The number of hydrogen-bond acceptors (Lipinski definition) is 4. The van der Waals surface area contributed by atoms with E-state index in [1.807, 2.05) is 5.38 Å². The largest absolute Gasteiger partial charge is 0.398 e. The Bertz CT molecular complexity index is 542. The summed E-state index contributed by atoms with van der Waals surface area (Å²) in [7, 11) is 0. The van der Waals surface area contributed by atoms with Gasteiger partial charge in [0.2, 0.25) is 0 Å². The number of hydrogen-bond donors (Lipinski definition) is 2. The Labute approximate surface area is 108 Å². The number of carbonyl (C=O) groups excluding carboxylic acids is 1. The van der Waals surface area contributed by atoms with Gasteiger partial charge in [-0.05, 0) is 18.2 Å². The highest BCUT2D eigenvalue weighted by atomic mass is 32.1. The molecule has 4 nitrogen and oxygen atoms in total. The molecule has 0 fully saturated rings. The Morgan fingerprint density at radius 3 is 3.00 bits per heavy atom. The third-order valence-corrected chi connectivity index (χ3v) is 3.21. The average molecular weight is 265 g/mol. The molecule has 0 spiro atoms. The molecule has 0 radical (unpaired) electrons. The lowest BCUT2D eigenvalue weighted by Gasteiger charge is -2.06. The minimum Gasteiger partial charge on any atom is -0.398 e. The van der Waals surface area contributed by atoms with Crippen molar-refractivity contribution in [2.45, 2.75) is 6.42 Å². The van der Waals surface area contributed by atoms with E-state index < -0.39 is 5.82 Å². The number of carbonyl (C=O) groups is 1. The van der Waals surface area contributed by atoms with Gasteiger partial charge in [-0.15, -0.1) is 11.3 Å². The molecular formula is C12H12FN3OS. The van der Waals surface area contributed by atoms with Gasteiger partial charge in [-0.2, -0.15) is 0 Å². The molecule has 6 heteroatoms. The van der Waals surface area contributed by atoms with Crippen LogP contribution < -0.4 is 11.1 Å². The number of benzene rings is 1. The maximum absolute atomic E-state index is 12.8. The zero-order chi connectivity index (χ0) is 13.0. The van der Waals surface area contributed by atoms with Gasteiger partial charge in [-0.25, -0.2) is 9.37 Å². The molecule has 1 amide bonds. The Morgan fingerprint density at radius 1 is 1.50 bits per heavy atom. The Morgan fingerprint density at radius 2 is 2.33 bits per heavy atom. The van der Waals surface area contributed by atoms with Gasteiger partial charge >= 0.3 is 0 Å². The molecule has 0 aliphatic carbocycles. The second-order valence-corrected chi connectivity index (χ2v) is 4.64. The van der Waals surface area contributed by atoms with Crippen LogP contribution in [0.4, 0.5) is 10.1 Å². The van der Waals surface area contributed by atoms with Gasteiger partial charge in [0.1, 0.15) is 5.82 Å². The lowest BCUT2D eigenvalue weighted by atomic mass is 10.1. The first-order chi connectivity index (χ1) is 8.66. The summed E-state index contributed by atoms with van der Waals surface area (Å²) in [6.07, 6.45) is 2.39. The maximum atomic E-state index is 12.8. The number of halogens is 1. The molecule has 1 aromatic carbocycles. The van der Waals surface area contributed by atoms with Crippen molar-refractivity contribution in [3.63, 3.8) is 0 Å². The maximum Gasteiger partial charge on any atom is 0.253 e. The van der Waals surface area contributed by atoms with E-state index >= 15 is 0 Å². The summed E-state index contributed by atoms with van der Waals surface area (Å²) in [6.45, 7) is 0.475. The first-order valence-corrected chi connectivity index (χ1v) is 6.26. The van der Waals surface area contributed by atoms with Crippen LogP contribution in [0.3, 0.4) is 0 Å². The van der Waals surface area contributed by atoms with Crippen LogP contribution in [-0.4, -0.2) is 17.4 Å². The van der Waals surface area contributed by atoms with Gasteiger partial charge < -0.3 is 11.1 Å². The monoisotopic (exact) mass is 265 g/mol. The summed E-state index contributed by atoms with van der Waals surface area (Å²) in [5, 5.41) is 5.57. The third kappa shape index (κ3) is 3.04. The summed E-state index contributed by atoms with van der Waals surface area (Å²) in [6, 6.07) is 3.73. The van der Waals surface area contributed by atoms with E-state index in [4.69, 9.17) is 5.73 Å². The van der Waals surface area contributed by atoms with Crippen molar-refractivity contribution in [2.24, 2.45) is 0 Å². The van der Waals surface area contributed by atoms with Crippen molar-refractivity contribution >= 4 is 22.9 Å². The van der Waals surface area contributed by atoms with Crippen molar-refractivity contribution in [3.8, 4) is 0 Å². The SMILES string of the molecule is Nc1cc(F)ccc1C(=O)NCCc1nccs1. The van der Waals surface area contributed by atoms with Crippen LogP contribution in [0.25, 0.3) is 0 Å². The number of nitrogens with zero attached hydrogens (tertiary/aromatic N) is 1. The molecule has 94 valence electrons. The highest BCUT2D eigenvalue weighted by Crippen LogP contribution is 2.13. The van der Waals surface area contributed by atoms with Crippen molar-refractivity contribution in [1.82, 2.24) is 10.3 Å². The second-order valence-electron chi connectivity index (χ2n) is 3.66. The third-order valence-electron chi connectivity index (χ3n) is 2.37. The standard InChI is InChI=1S/C12H12FN3OS/c13-8-1-2-9(10(14)7-8)12(17)16-4-3-11-15-5-6-18-11/h1-2,5-7H,3-4,14H2,(H,16,17). The fourth-order valence-corrected chi connectivity index (χ4v) is 2.12. The Kier molecular flexibility index (Phi) is 3.88. The molecule has 1 aromatic heterocycles. The number of anilines is 1. The molecule has 2 aromatic rings. The van der Waals surface area contributed by atoms with Gasteiger partial charge in [0.25, 0.3) is 5.91 Å². The number of nitrogens with two attached hydrogens (primary N) is 1. The van der Waals surface area contributed by atoms with Crippen molar-refractivity contribution in [2.75, 3.05) is 12.3 Å². The molecule has 3 N–H and O–H groups in total. The lowest BCUT2D eigenvalue weighted by molar-refractivity contribution is 0.0955. The predicted molar refractivity (Wildman–Crippen MR) is 69.0 cm³/mol. The van der Waals surface area contributed by atoms with E-state index in [9.17, 15) is 9.18 Å². The van der Waals surface area contributed by atoms with Gasteiger partial charge in [-0.1, -0.05) is 0 Å². The molecule has 0 unspecified atom stereocenters. The minimum absolute atomic E-state index is 0.141. The minimum atomic E-state index is -0.452. The molecule has 0 atom stereocenters. The summed E-state index contributed by atoms with van der Waals surface area (Å²) in [5.74, 6) is -0.754. The van der Waals surface area contributed by atoms with E-state index in [2.05, 4.69) is 10.3 Å². The number of thiazole rings is 1.